The van der Waals surface area contributed by atoms with E-state index in [9.17, 15) is 18.0 Å². The van der Waals surface area contributed by atoms with Gasteiger partial charge in [-0.25, -0.2) is 18.2 Å². The van der Waals surface area contributed by atoms with Crippen LogP contribution in [0.4, 0.5) is 10.5 Å². The minimum atomic E-state index is -3.57. The number of amides is 2. The minimum absolute atomic E-state index is 0.0328. The highest BCUT2D eigenvalue weighted by molar-refractivity contribution is 7.91. The van der Waals surface area contributed by atoms with Crippen molar-refractivity contribution in [3.8, 4) is 0 Å². The molecule has 0 radical (unpaired) electrons. The SMILES string of the molecule is O=C(NCCS(=O)(=O)c1ccccn1)Nc1ccc(C(=O)/C=C/c2ccccn2)cc1. The molecule has 0 saturated carbocycles. The number of sulfone groups is 1. The standard InChI is InChI=1S/C22H20N4O4S/c27-20(12-11-18-5-1-3-13-23-18)17-7-9-19(10-8-17)26-22(28)25-15-16-31(29,30)21-6-2-4-14-24-21/h1-14H,15-16H2,(H2,25,26,28)/b12-11+. The summed E-state index contributed by atoms with van der Waals surface area (Å²) in [5.74, 6) is -0.464. The van der Waals surface area contributed by atoms with E-state index in [0.717, 1.165) is 0 Å². The zero-order chi connectivity index (χ0) is 22.1. The molecule has 2 heterocycles. The van der Waals surface area contributed by atoms with Crippen LogP contribution in [0, 0.1) is 0 Å². The number of nitrogens with one attached hydrogen (secondary N) is 2. The normalized spacial score (nSPS) is 11.2. The van der Waals surface area contributed by atoms with Crippen molar-refractivity contribution in [1.82, 2.24) is 15.3 Å². The molecule has 0 saturated heterocycles. The summed E-state index contributed by atoms with van der Waals surface area (Å²) in [6.45, 7) is -0.0698. The van der Waals surface area contributed by atoms with Gasteiger partial charge in [-0.05, 0) is 60.7 Å². The number of ketones is 1. The van der Waals surface area contributed by atoms with E-state index in [1.165, 1.54) is 18.3 Å². The Kier molecular flexibility index (Phi) is 7.23. The number of carbonyl (C=O) groups excluding carboxylic acids is 2. The maximum absolute atomic E-state index is 12.2. The van der Waals surface area contributed by atoms with Crippen LogP contribution in [0.3, 0.4) is 0 Å². The molecule has 1 aromatic carbocycles. The smallest absolute Gasteiger partial charge is 0.319 e. The van der Waals surface area contributed by atoms with Gasteiger partial charge in [0.2, 0.25) is 0 Å². The number of rotatable bonds is 8. The number of urea groups is 1. The second-order valence-electron chi connectivity index (χ2n) is 6.40. The highest BCUT2D eigenvalue weighted by Crippen LogP contribution is 2.11. The van der Waals surface area contributed by atoms with Crippen LogP contribution in [-0.4, -0.2) is 42.5 Å². The summed E-state index contributed by atoms with van der Waals surface area (Å²) in [6, 6.07) is 15.8. The Morgan fingerprint density at radius 2 is 1.61 bits per heavy atom. The largest absolute Gasteiger partial charge is 0.337 e. The van der Waals surface area contributed by atoms with E-state index >= 15 is 0 Å². The molecule has 0 fully saturated rings. The molecule has 0 unspecified atom stereocenters. The summed E-state index contributed by atoms with van der Waals surface area (Å²) in [7, 11) is -3.57. The molecule has 2 amide bonds. The quantitative estimate of drug-likeness (QED) is 0.414. The minimum Gasteiger partial charge on any atom is -0.337 e. The van der Waals surface area contributed by atoms with Gasteiger partial charge in [-0.3, -0.25) is 9.78 Å². The molecule has 3 aromatic rings. The monoisotopic (exact) mass is 436 g/mol. The van der Waals surface area contributed by atoms with Gasteiger partial charge in [-0.1, -0.05) is 12.1 Å². The van der Waals surface area contributed by atoms with E-state index in [0.29, 0.717) is 16.9 Å². The van der Waals surface area contributed by atoms with Crippen molar-refractivity contribution in [3.63, 3.8) is 0 Å². The van der Waals surface area contributed by atoms with Crippen LogP contribution >= 0.6 is 0 Å². The fraction of sp³-hybridized carbons (Fsp3) is 0.0909. The van der Waals surface area contributed by atoms with Gasteiger partial charge < -0.3 is 10.6 Å². The Morgan fingerprint density at radius 3 is 2.26 bits per heavy atom. The first-order valence-corrected chi connectivity index (χ1v) is 11.0. The lowest BCUT2D eigenvalue weighted by molar-refractivity contribution is 0.104. The number of allylic oxidation sites excluding steroid dienone is 1. The fourth-order valence-corrected chi connectivity index (χ4v) is 3.65. The van der Waals surface area contributed by atoms with Crippen LogP contribution in [0.5, 0.6) is 0 Å². The van der Waals surface area contributed by atoms with Crippen LogP contribution in [-0.2, 0) is 9.84 Å². The molecule has 0 atom stereocenters. The molecule has 158 valence electrons. The lowest BCUT2D eigenvalue weighted by Crippen LogP contribution is -2.33. The zero-order valence-corrected chi connectivity index (χ0v) is 17.2. The molecule has 0 bridgehead atoms. The number of nitrogens with zero attached hydrogens (tertiary/aromatic N) is 2. The maximum atomic E-state index is 12.2. The Hall–Kier alpha value is -3.85. The number of hydrogen-bond acceptors (Lipinski definition) is 6. The predicted octanol–water partition coefficient (Wildman–Crippen LogP) is 2.97. The van der Waals surface area contributed by atoms with Gasteiger partial charge in [0.1, 0.15) is 0 Å². The number of aromatic nitrogens is 2. The van der Waals surface area contributed by atoms with Gasteiger partial charge in [0.25, 0.3) is 0 Å². The van der Waals surface area contributed by atoms with Gasteiger partial charge in [0, 0.05) is 30.2 Å². The van der Waals surface area contributed by atoms with Crippen LogP contribution < -0.4 is 10.6 Å². The third kappa shape index (κ3) is 6.58. The lowest BCUT2D eigenvalue weighted by atomic mass is 10.1. The topological polar surface area (TPSA) is 118 Å². The Balaban J connectivity index is 1.48. The Bertz CT molecular complexity index is 1160. The molecule has 2 N–H and O–H groups in total. The predicted molar refractivity (Wildman–Crippen MR) is 117 cm³/mol. The van der Waals surface area contributed by atoms with E-state index in [1.54, 1.807) is 60.8 Å². The lowest BCUT2D eigenvalue weighted by Gasteiger charge is -2.08. The first-order chi connectivity index (χ1) is 14.9. The third-order valence-corrected chi connectivity index (χ3v) is 5.75. The average molecular weight is 436 g/mol. The van der Waals surface area contributed by atoms with E-state index in [-0.39, 0.29) is 23.1 Å². The first kappa shape index (κ1) is 21.8. The van der Waals surface area contributed by atoms with Crippen LogP contribution in [0.15, 0.2) is 84.2 Å². The fourth-order valence-electron chi connectivity index (χ4n) is 2.56. The van der Waals surface area contributed by atoms with Crippen molar-refractivity contribution in [1.29, 1.82) is 0 Å². The van der Waals surface area contributed by atoms with Crippen molar-refractivity contribution in [3.05, 3.63) is 90.4 Å². The molecule has 3 rings (SSSR count). The van der Waals surface area contributed by atoms with Crippen molar-refractivity contribution in [2.75, 3.05) is 17.6 Å². The first-order valence-electron chi connectivity index (χ1n) is 9.36. The second-order valence-corrected chi connectivity index (χ2v) is 8.45. The van der Waals surface area contributed by atoms with Crippen molar-refractivity contribution in [2.45, 2.75) is 5.03 Å². The zero-order valence-electron chi connectivity index (χ0n) is 16.4. The molecular formula is C22H20N4O4S. The summed E-state index contributed by atoms with van der Waals surface area (Å²) in [5, 5.41) is 5.05. The Morgan fingerprint density at radius 1 is 0.903 bits per heavy atom. The molecular weight excluding hydrogens is 416 g/mol. The van der Waals surface area contributed by atoms with Crippen LogP contribution in [0.2, 0.25) is 0 Å². The number of pyridine rings is 2. The van der Waals surface area contributed by atoms with Crippen molar-refractivity contribution < 1.29 is 18.0 Å². The van der Waals surface area contributed by atoms with Gasteiger partial charge in [-0.2, -0.15) is 0 Å². The number of anilines is 1. The molecule has 8 nitrogen and oxygen atoms in total. The highest BCUT2D eigenvalue weighted by Gasteiger charge is 2.15. The number of carbonyl (C=O) groups is 2. The number of benzene rings is 1. The second kappa shape index (κ2) is 10.3. The van der Waals surface area contributed by atoms with Gasteiger partial charge in [0.05, 0.1) is 11.4 Å². The molecule has 0 aliphatic rings. The molecule has 0 aliphatic heterocycles. The molecule has 0 spiro atoms. The average Bonchev–Trinajstić information content (AvgIpc) is 2.79. The van der Waals surface area contributed by atoms with E-state index < -0.39 is 15.9 Å². The van der Waals surface area contributed by atoms with Gasteiger partial charge in [-0.15, -0.1) is 0 Å². The number of hydrogen-bond donors (Lipinski definition) is 2. The Labute approximate surface area is 180 Å². The van der Waals surface area contributed by atoms with Crippen LogP contribution in [0.25, 0.3) is 6.08 Å². The summed E-state index contributed by atoms with van der Waals surface area (Å²) in [6.07, 6.45) is 6.10. The summed E-state index contributed by atoms with van der Waals surface area (Å²) in [5.41, 5.74) is 1.60. The molecule has 2 aromatic heterocycles. The van der Waals surface area contributed by atoms with E-state index in [4.69, 9.17) is 0 Å². The summed E-state index contributed by atoms with van der Waals surface area (Å²) >= 11 is 0. The highest BCUT2D eigenvalue weighted by atomic mass is 32.2. The van der Waals surface area contributed by atoms with Crippen molar-refractivity contribution >= 4 is 33.4 Å². The van der Waals surface area contributed by atoms with Gasteiger partial charge in [0.15, 0.2) is 20.6 Å². The third-order valence-electron chi connectivity index (χ3n) is 4.13. The maximum Gasteiger partial charge on any atom is 0.319 e. The molecule has 0 aliphatic carbocycles. The van der Waals surface area contributed by atoms with Gasteiger partial charge >= 0.3 is 6.03 Å². The van der Waals surface area contributed by atoms with E-state index in [2.05, 4.69) is 20.6 Å². The molecule has 9 heteroatoms. The van der Waals surface area contributed by atoms with E-state index in [1.807, 2.05) is 6.07 Å². The van der Waals surface area contributed by atoms with Crippen LogP contribution in [0.1, 0.15) is 16.1 Å². The van der Waals surface area contributed by atoms with Crippen molar-refractivity contribution in [2.24, 2.45) is 0 Å². The summed E-state index contributed by atoms with van der Waals surface area (Å²) < 4.78 is 24.3. The molecule has 31 heavy (non-hydrogen) atoms. The summed E-state index contributed by atoms with van der Waals surface area (Å²) in [4.78, 5) is 32.2.